The molecule has 78 valence electrons. The maximum Gasteiger partial charge on any atom is 0.00229 e. The number of nitrogens with one attached hydrogen (secondary N) is 2. The first-order valence-corrected chi connectivity index (χ1v) is 5.63. The number of rotatable bonds is 5. The van der Waals surface area contributed by atoms with Gasteiger partial charge in [-0.3, -0.25) is 0 Å². The molecule has 0 bridgehead atoms. The molecular weight excluding hydrogens is 160 g/mol. The van der Waals surface area contributed by atoms with Crippen LogP contribution in [0.4, 0.5) is 0 Å². The smallest absolute Gasteiger partial charge is 0.00229 e. The molecule has 1 aliphatic rings. The zero-order valence-electron chi connectivity index (χ0n) is 9.32. The van der Waals surface area contributed by atoms with Gasteiger partial charge in [-0.25, -0.2) is 0 Å². The van der Waals surface area contributed by atoms with Crippen molar-refractivity contribution in [1.29, 1.82) is 0 Å². The molecule has 1 unspecified atom stereocenters. The molecule has 1 rings (SSSR count). The second-order valence-electron chi connectivity index (χ2n) is 4.62. The summed E-state index contributed by atoms with van der Waals surface area (Å²) in [7, 11) is 0. The van der Waals surface area contributed by atoms with Crippen molar-refractivity contribution in [3.63, 3.8) is 0 Å². The molecule has 1 aliphatic heterocycles. The molecule has 0 aliphatic carbocycles. The Kier molecular flexibility index (Phi) is 4.20. The van der Waals surface area contributed by atoms with E-state index in [4.69, 9.17) is 0 Å². The van der Waals surface area contributed by atoms with Gasteiger partial charge in [-0.15, -0.1) is 0 Å². The van der Waals surface area contributed by atoms with E-state index in [0.29, 0.717) is 5.41 Å². The fourth-order valence-corrected chi connectivity index (χ4v) is 2.12. The van der Waals surface area contributed by atoms with E-state index < -0.39 is 0 Å². The molecule has 0 aromatic carbocycles. The van der Waals surface area contributed by atoms with Crippen molar-refractivity contribution < 1.29 is 0 Å². The van der Waals surface area contributed by atoms with E-state index in [1.54, 1.807) is 0 Å². The van der Waals surface area contributed by atoms with Gasteiger partial charge in [-0.2, -0.15) is 0 Å². The highest BCUT2D eigenvalue weighted by Crippen LogP contribution is 2.33. The number of hydrogen-bond acceptors (Lipinski definition) is 2. The summed E-state index contributed by atoms with van der Waals surface area (Å²) < 4.78 is 0. The molecule has 0 saturated carbocycles. The third-order valence-electron chi connectivity index (χ3n) is 3.41. The lowest BCUT2D eigenvalue weighted by Crippen LogP contribution is -2.40. The van der Waals surface area contributed by atoms with Crippen molar-refractivity contribution in [1.82, 2.24) is 10.6 Å². The molecule has 0 radical (unpaired) electrons. The Morgan fingerprint density at radius 2 is 2.23 bits per heavy atom. The topological polar surface area (TPSA) is 24.1 Å². The maximum absolute atomic E-state index is 3.56. The second kappa shape index (κ2) is 4.97. The molecule has 1 saturated heterocycles. The van der Waals surface area contributed by atoms with E-state index >= 15 is 0 Å². The first-order chi connectivity index (χ1) is 6.21. The van der Waals surface area contributed by atoms with Crippen molar-refractivity contribution >= 4 is 0 Å². The molecule has 0 aromatic rings. The Morgan fingerprint density at radius 3 is 2.69 bits per heavy atom. The third kappa shape index (κ3) is 2.68. The molecule has 2 heteroatoms. The molecule has 1 fully saturated rings. The highest BCUT2D eigenvalue weighted by molar-refractivity contribution is 4.91. The van der Waals surface area contributed by atoms with E-state index in [2.05, 4.69) is 31.4 Å². The van der Waals surface area contributed by atoms with Gasteiger partial charge in [0.05, 0.1) is 0 Å². The van der Waals surface area contributed by atoms with Crippen molar-refractivity contribution in [3.05, 3.63) is 0 Å². The summed E-state index contributed by atoms with van der Waals surface area (Å²) in [5, 5.41) is 7.04. The Hall–Kier alpha value is -0.0800. The Morgan fingerprint density at radius 1 is 1.46 bits per heavy atom. The SMILES string of the molecule is CCCNCC1(C(C)C)CCNC1. The van der Waals surface area contributed by atoms with Gasteiger partial charge in [0.1, 0.15) is 0 Å². The summed E-state index contributed by atoms with van der Waals surface area (Å²) in [6.07, 6.45) is 2.57. The van der Waals surface area contributed by atoms with Gasteiger partial charge in [0.15, 0.2) is 0 Å². The fourth-order valence-electron chi connectivity index (χ4n) is 2.12. The van der Waals surface area contributed by atoms with Crippen LogP contribution in [0.25, 0.3) is 0 Å². The zero-order chi connectivity index (χ0) is 9.73. The van der Waals surface area contributed by atoms with Gasteiger partial charge in [0.25, 0.3) is 0 Å². The standard InChI is InChI=1S/C11H24N2/c1-4-6-12-8-11(10(2)3)5-7-13-9-11/h10,12-13H,4-9H2,1-3H3. The van der Waals surface area contributed by atoms with Gasteiger partial charge in [0, 0.05) is 13.1 Å². The first-order valence-electron chi connectivity index (χ1n) is 5.63. The summed E-state index contributed by atoms with van der Waals surface area (Å²) >= 11 is 0. The maximum atomic E-state index is 3.56. The minimum absolute atomic E-state index is 0.523. The van der Waals surface area contributed by atoms with Crippen molar-refractivity contribution in [2.75, 3.05) is 26.2 Å². The largest absolute Gasteiger partial charge is 0.316 e. The van der Waals surface area contributed by atoms with Crippen molar-refractivity contribution in [2.45, 2.75) is 33.6 Å². The molecular formula is C11H24N2. The predicted octanol–water partition coefficient (Wildman–Crippen LogP) is 1.62. The molecule has 13 heavy (non-hydrogen) atoms. The first kappa shape index (κ1) is 11.0. The highest BCUT2D eigenvalue weighted by Gasteiger charge is 2.36. The van der Waals surface area contributed by atoms with Gasteiger partial charge in [-0.1, -0.05) is 20.8 Å². The quantitative estimate of drug-likeness (QED) is 0.635. The van der Waals surface area contributed by atoms with E-state index in [9.17, 15) is 0 Å². The van der Waals surface area contributed by atoms with Crippen LogP contribution in [0, 0.1) is 11.3 Å². The van der Waals surface area contributed by atoms with E-state index in [-0.39, 0.29) is 0 Å². The molecule has 2 nitrogen and oxygen atoms in total. The lowest BCUT2D eigenvalue weighted by atomic mass is 9.76. The average molecular weight is 184 g/mol. The Labute approximate surface area is 82.5 Å². The fraction of sp³-hybridized carbons (Fsp3) is 1.00. The molecule has 2 N–H and O–H groups in total. The zero-order valence-corrected chi connectivity index (χ0v) is 9.32. The van der Waals surface area contributed by atoms with Crippen molar-refractivity contribution in [2.24, 2.45) is 11.3 Å². The Balaban J connectivity index is 2.38. The summed E-state index contributed by atoms with van der Waals surface area (Å²) in [4.78, 5) is 0. The number of hydrogen-bond donors (Lipinski definition) is 2. The van der Waals surface area contributed by atoms with E-state index in [0.717, 1.165) is 12.5 Å². The molecule has 1 heterocycles. The third-order valence-corrected chi connectivity index (χ3v) is 3.41. The lowest BCUT2D eigenvalue weighted by molar-refractivity contribution is 0.209. The molecule has 1 atom stereocenters. The Bertz CT molecular complexity index is 137. The summed E-state index contributed by atoms with van der Waals surface area (Å²) in [5.41, 5.74) is 0.523. The van der Waals surface area contributed by atoms with Gasteiger partial charge in [0.2, 0.25) is 0 Å². The van der Waals surface area contributed by atoms with Crippen molar-refractivity contribution in [3.8, 4) is 0 Å². The van der Waals surface area contributed by atoms with Gasteiger partial charge >= 0.3 is 0 Å². The van der Waals surface area contributed by atoms with Crippen LogP contribution in [0.3, 0.4) is 0 Å². The van der Waals surface area contributed by atoms with Crippen LogP contribution in [0.5, 0.6) is 0 Å². The monoisotopic (exact) mass is 184 g/mol. The molecule has 0 aromatic heterocycles. The lowest BCUT2D eigenvalue weighted by Gasteiger charge is -2.33. The highest BCUT2D eigenvalue weighted by atomic mass is 15.0. The molecule has 0 amide bonds. The molecule has 0 spiro atoms. The van der Waals surface area contributed by atoms with Crippen LogP contribution in [-0.4, -0.2) is 26.2 Å². The van der Waals surface area contributed by atoms with E-state index in [1.165, 1.54) is 32.5 Å². The minimum atomic E-state index is 0.523. The van der Waals surface area contributed by atoms with Gasteiger partial charge < -0.3 is 10.6 Å². The van der Waals surface area contributed by atoms with E-state index in [1.807, 2.05) is 0 Å². The van der Waals surface area contributed by atoms with Gasteiger partial charge in [-0.05, 0) is 37.3 Å². The average Bonchev–Trinajstić information content (AvgIpc) is 2.55. The van der Waals surface area contributed by atoms with Crippen LogP contribution in [0.15, 0.2) is 0 Å². The summed E-state index contributed by atoms with van der Waals surface area (Å²) in [6, 6.07) is 0. The van der Waals surface area contributed by atoms with Crippen LogP contribution in [0.1, 0.15) is 33.6 Å². The van der Waals surface area contributed by atoms with Crippen LogP contribution in [-0.2, 0) is 0 Å². The van der Waals surface area contributed by atoms with Crippen LogP contribution in [0.2, 0.25) is 0 Å². The predicted molar refractivity (Wildman–Crippen MR) is 57.9 cm³/mol. The minimum Gasteiger partial charge on any atom is -0.316 e. The summed E-state index contributed by atoms with van der Waals surface area (Å²) in [6.45, 7) is 11.7. The second-order valence-corrected chi connectivity index (χ2v) is 4.62. The normalized spacial score (nSPS) is 28.6. The van der Waals surface area contributed by atoms with Crippen LogP contribution < -0.4 is 10.6 Å². The van der Waals surface area contributed by atoms with Crippen LogP contribution >= 0.6 is 0 Å². The summed E-state index contributed by atoms with van der Waals surface area (Å²) in [5.74, 6) is 0.784.